The fourth-order valence-corrected chi connectivity index (χ4v) is 4.15. The first-order valence-corrected chi connectivity index (χ1v) is 10.8. The zero-order valence-corrected chi connectivity index (χ0v) is 17.8. The fraction of sp³-hybridized carbons (Fsp3) is 0.150. The Kier molecular flexibility index (Phi) is 5.19. The third-order valence-electron chi connectivity index (χ3n) is 4.62. The second kappa shape index (κ2) is 7.67. The number of sulfonamides is 1. The molecule has 0 unspecified atom stereocenters. The van der Waals surface area contributed by atoms with Crippen LogP contribution in [0.3, 0.4) is 0 Å². The summed E-state index contributed by atoms with van der Waals surface area (Å²) in [5.74, 6) is 0.159. The van der Waals surface area contributed by atoms with Crippen LogP contribution in [0.15, 0.2) is 53.6 Å². The van der Waals surface area contributed by atoms with E-state index in [1.165, 1.54) is 26.2 Å². The number of nitrogens with zero attached hydrogens (tertiary/aromatic N) is 3. The molecule has 0 fully saturated rings. The van der Waals surface area contributed by atoms with Crippen LogP contribution >= 0.6 is 11.6 Å². The fourth-order valence-electron chi connectivity index (χ4n) is 3.07. The molecule has 0 saturated heterocycles. The van der Waals surface area contributed by atoms with Crippen molar-refractivity contribution in [2.24, 2.45) is 0 Å². The SMILES string of the molecule is CN(C)S(=O)(=O)c1ccc(Nc2ncc3c(n2)-c2ccc(Cl)cc2NC(=O)C3)cc1. The van der Waals surface area contributed by atoms with E-state index < -0.39 is 10.0 Å². The molecular formula is C20H18ClN5O3S. The van der Waals surface area contributed by atoms with Crippen LogP contribution < -0.4 is 10.6 Å². The van der Waals surface area contributed by atoms with E-state index in [1.807, 2.05) is 0 Å². The zero-order valence-electron chi connectivity index (χ0n) is 16.2. The van der Waals surface area contributed by atoms with Gasteiger partial charge in [0.2, 0.25) is 21.9 Å². The van der Waals surface area contributed by atoms with Crippen molar-refractivity contribution in [1.29, 1.82) is 0 Å². The standard InChI is InChI=1S/C20H18ClN5O3S/c1-26(2)30(28,29)15-6-4-14(5-7-15)23-20-22-11-12-9-18(27)24-17-10-13(21)3-8-16(17)19(12)25-20/h3-8,10-11H,9H2,1-2H3,(H,24,27)(H,22,23,25). The summed E-state index contributed by atoms with van der Waals surface area (Å²) in [4.78, 5) is 21.3. The van der Waals surface area contributed by atoms with Gasteiger partial charge >= 0.3 is 0 Å². The van der Waals surface area contributed by atoms with Gasteiger partial charge in [-0.15, -0.1) is 0 Å². The molecule has 0 aliphatic carbocycles. The Hall–Kier alpha value is -3.01. The van der Waals surface area contributed by atoms with Gasteiger partial charge in [-0.1, -0.05) is 11.6 Å². The maximum atomic E-state index is 12.2. The number of amides is 1. The van der Waals surface area contributed by atoms with Crippen molar-refractivity contribution in [2.45, 2.75) is 11.3 Å². The molecule has 8 nitrogen and oxygen atoms in total. The van der Waals surface area contributed by atoms with E-state index in [0.29, 0.717) is 33.6 Å². The Morgan fingerprint density at radius 3 is 2.57 bits per heavy atom. The van der Waals surface area contributed by atoms with Crippen molar-refractivity contribution in [2.75, 3.05) is 24.7 Å². The first-order valence-electron chi connectivity index (χ1n) is 8.99. The first-order chi connectivity index (χ1) is 14.2. The van der Waals surface area contributed by atoms with Crippen LogP contribution in [0.5, 0.6) is 0 Å². The van der Waals surface area contributed by atoms with E-state index >= 15 is 0 Å². The zero-order chi connectivity index (χ0) is 21.5. The van der Waals surface area contributed by atoms with Crippen LogP contribution in [0.1, 0.15) is 5.56 Å². The van der Waals surface area contributed by atoms with Crippen LogP contribution in [-0.4, -0.2) is 42.7 Å². The number of carbonyl (C=O) groups is 1. The molecule has 1 aliphatic rings. The van der Waals surface area contributed by atoms with Gasteiger partial charge in [0.15, 0.2) is 0 Å². The molecule has 0 radical (unpaired) electrons. The molecule has 1 aromatic heterocycles. The van der Waals surface area contributed by atoms with E-state index in [2.05, 4.69) is 20.6 Å². The molecule has 3 aromatic rings. The van der Waals surface area contributed by atoms with Crippen molar-refractivity contribution in [3.63, 3.8) is 0 Å². The maximum Gasteiger partial charge on any atom is 0.242 e. The summed E-state index contributed by atoms with van der Waals surface area (Å²) in [6.07, 6.45) is 1.76. The minimum atomic E-state index is -3.50. The number of rotatable bonds is 4. The molecular weight excluding hydrogens is 426 g/mol. The van der Waals surface area contributed by atoms with Gasteiger partial charge in [0, 0.05) is 42.1 Å². The average molecular weight is 444 g/mol. The van der Waals surface area contributed by atoms with E-state index in [1.54, 1.807) is 36.5 Å². The normalized spacial score (nSPS) is 13.3. The smallest absolute Gasteiger partial charge is 0.242 e. The number of benzene rings is 2. The Balaban J connectivity index is 1.67. The Morgan fingerprint density at radius 1 is 1.13 bits per heavy atom. The lowest BCUT2D eigenvalue weighted by molar-refractivity contribution is -0.115. The third-order valence-corrected chi connectivity index (χ3v) is 6.68. The summed E-state index contributed by atoms with van der Waals surface area (Å²) < 4.78 is 25.6. The van der Waals surface area contributed by atoms with Gasteiger partial charge in [-0.3, -0.25) is 4.79 Å². The summed E-state index contributed by atoms with van der Waals surface area (Å²) in [6.45, 7) is 0. The number of halogens is 1. The number of hydrogen-bond acceptors (Lipinski definition) is 6. The van der Waals surface area contributed by atoms with Gasteiger partial charge in [0.25, 0.3) is 0 Å². The minimum Gasteiger partial charge on any atom is -0.325 e. The molecule has 30 heavy (non-hydrogen) atoms. The van der Waals surface area contributed by atoms with Crippen molar-refractivity contribution in [1.82, 2.24) is 14.3 Å². The highest BCUT2D eigenvalue weighted by Crippen LogP contribution is 2.34. The molecule has 4 rings (SSSR count). The lowest BCUT2D eigenvalue weighted by Crippen LogP contribution is -2.22. The van der Waals surface area contributed by atoms with Gasteiger partial charge in [0.05, 0.1) is 22.7 Å². The molecule has 1 aliphatic heterocycles. The summed E-state index contributed by atoms with van der Waals surface area (Å²) in [7, 11) is -0.537. The van der Waals surface area contributed by atoms with E-state index in [4.69, 9.17) is 11.6 Å². The molecule has 0 bridgehead atoms. The predicted molar refractivity (Wildman–Crippen MR) is 115 cm³/mol. The Bertz CT molecular complexity index is 1240. The highest BCUT2D eigenvalue weighted by molar-refractivity contribution is 7.89. The summed E-state index contributed by atoms with van der Waals surface area (Å²) >= 11 is 6.07. The molecule has 0 saturated carbocycles. The number of anilines is 3. The van der Waals surface area contributed by atoms with Crippen molar-refractivity contribution >= 4 is 44.9 Å². The maximum absolute atomic E-state index is 12.2. The number of fused-ring (bicyclic) bond motifs is 3. The van der Waals surface area contributed by atoms with Crippen LogP contribution in [0, 0.1) is 0 Å². The molecule has 0 spiro atoms. The number of hydrogen-bond donors (Lipinski definition) is 2. The van der Waals surface area contributed by atoms with Crippen molar-refractivity contribution in [3.8, 4) is 11.3 Å². The second-order valence-corrected chi connectivity index (χ2v) is 9.51. The molecule has 0 atom stereocenters. The number of carbonyl (C=O) groups excluding carboxylic acids is 1. The molecule has 154 valence electrons. The summed E-state index contributed by atoms with van der Waals surface area (Å²) in [5, 5.41) is 6.42. The monoisotopic (exact) mass is 443 g/mol. The second-order valence-electron chi connectivity index (χ2n) is 6.92. The summed E-state index contributed by atoms with van der Waals surface area (Å²) in [6, 6.07) is 11.5. The number of nitrogens with one attached hydrogen (secondary N) is 2. The minimum absolute atomic E-state index is 0.152. The highest BCUT2D eigenvalue weighted by atomic mass is 35.5. The lowest BCUT2D eigenvalue weighted by atomic mass is 10.1. The highest BCUT2D eigenvalue weighted by Gasteiger charge is 2.21. The lowest BCUT2D eigenvalue weighted by Gasteiger charge is -2.13. The molecule has 2 N–H and O–H groups in total. The number of aromatic nitrogens is 2. The quantitative estimate of drug-likeness (QED) is 0.641. The van der Waals surface area contributed by atoms with Crippen LogP contribution in [-0.2, 0) is 21.2 Å². The van der Waals surface area contributed by atoms with E-state index in [0.717, 1.165) is 9.87 Å². The van der Waals surface area contributed by atoms with Gasteiger partial charge in [0.1, 0.15) is 0 Å². The average Bonchev–Trinajstić information content (AvgIpc) is 2.83. The van der Waals surface area contributed by atoms with Crippen LogP contribution in [0.25, 0.3) is 11.3 Å². The third kappa shape index (κ3) is 3.87. The van der Waals surface area contributed by atoms with Gasteiger partial charge < -0.3 is 10.6 Å². The van der Waals surface area contributed by atoms with Gasteiger partial charge in [-0.25, -0.2) is 22.7 Å². The van der Waals surface area contributed by atoms with Crippen molar-refractivity contribution < 1.29 is 13.2 Å². The van der Waals surface area contributed by atoms with Crippen LogP contribution in [0.2, 0.25) is 5.02 Å². The van der Waals surface area contributed by atoms with Crippen LogP contribution in [0.4, 0.5) is 17.3 Å². The molecule has 1 amide bonds. The van der Waals surface area contributed by atoms with E-state index in [-0.39, 0.29) is 17.2 Å². The topological polar surface area (TPSA) is 104 Å². The van der Waals surface area contributed by atoms with Gasteiger partial charge in [-0.05, 0) is 42.5 Å². The predicted octanol–water partition coefficient (Wildman–Crippen LogP) is 3.29. The first kappa shape index (κ1) is 20.3. The van der Waals surface area contributed by atoms with Gasteiger partial charge in [-0.2, -0.15) is 0 Å². The Morgan fingerprint density at radius 2 is 1.87 bits per heavy atom. The molecule has 2 aromatic carbocycles. The molecule has 2 heterocycles. The van der Waals surface area contributed by atoms with Crippen molar-refractivity contribution in [3.05, 3.63) is 59.2 Å². The largest absolute Gasteiger partial charge is 0.325 e. The van der Waals surface area contributed by atoms with E-state index in [9.17, 15) is 13.2 Å². The Labute approximate surface area is 179 Å². The summed E-state index contributed by atoms with van der Waals surface area (Å²) in [5.41, 5.74) is 3.30. The molecule has 10 heteroatoms.